The van der Waals surface area contributed by atoms with Crippen molar-refractivity contribution >= 4 is 24.5 Å². The zero-order valence-corrected chi connectivity index (χ0v) is 7.41. The molecule has 4 N–H and O–H groups in total. The lowest BCUT2D eigenvalue weighted by Crippen LogP contribution is -2.31. The third-order valence-corrected chi connectivity index (χ3v) is 1.80. The van der Waals surface area contributed by atoms with Gasteiger partial charge in [-0.2, -0.15) is 0 Å². The summed E-state index contributed by atoms with van der Waals surface area (Å²) in [7, 11) is -1.83. The van der Waals surface area contributed by atoms with Crippen LogP contribution < -0.4 is 5.46 Å². The number of hydrogen-bond donors (Lipinski definition) is 4. The highest BCUT2D eigenvalue weighted by molar-refractivity contribution is 6.58. The summed E-state index contributed by atoms with van der Waals surface area (Å²) < 4.78 is 0. The van der Waals surface area contributed by atoms with Crippen molar-refractivity contribution in [3.8, 4) is 0 Å². The summed E-state index contributed by atoms with van der Waals surface area (Å²) in [5.74, 6) is -2.82. The van der Waals surface area contributed by atoms with Gasteiger partial charge in [0.1, 0.15) is 0 Å². The van der Waals surface area contributed by atoms with Gasteiger partial charge in [0.25, 0.3) is 0 Å². The maximum absolute atomic E-state index is 10.7. The van der Waals surface area contributed by atoms with Gasteiger partial charge in [0.2, 0.25) is 0 Å². The molecular weight excluding hydrogens is 203 g/mol. The van der Waals surface area contributed by atoms with Crippen LogP contribution in [0.2, 0.25) is 0 Å². The zero-order chi connectivity index (χ0) is 11.6. The molecule has 0 aliphatic heterocycles. The normalized spacial score (nSPS) is 9.73. The third kappa shape index (κ3) is 2.33. The molecule has 1 aromatic carbocycles. The van der Waals surface area contributed by atoms with E-state index in [2.05, 4.69) is 0 Å². The summed E-state index contributed by atoms with van der Waals surface area (Å²) >= 11 is 0. The molecule has 0 atom stereocenters. The number of aromatic carboxylic acids is 2. The Labute approximate surface area is 84.6 Å². The monoisotopic (exact) mass is 210 g/mol. The van der Waals surface area contributed by atoms with Crippen LogP contribution in [0.3, 0.4) is 0 Å². The van der Waals surface area contributed by atoms with Crippen LogP contribution in [0.1, 0.15) is 20.7 Å². The molecule has 15 heavy (non-hydrogen) atoms. The van der Waals surface area contributed by atoms with E-state index in [1.54, 1.807) is 0 Å². The SMILES string of the molecule is O=C(O)c1ccc(B(O)O)cc1C(=O)O. The lowest BCUT2D eigenvalue weighted by Gasteiger charge is -2.04. The first-order valence-electron chi connectivity index (χ1n) is 3.90. The molecule has 0 radical (unpaired) electrons. The van der Waals surface area contributed by atoms with E-state index < -0.39 is 30.2 Å². The Morgan fingerprint density at radius 1 is 1.00 bits per heavy atom. The number of carboxylic acid groups (broad SMARTS) is 2. The van der Waals surface area contributed by atoms with E-state index >= 15 is 0 Å². The van der Waals surface area contributed by atoms with Crippen LogP contribution >= 0.6 is 0 Å². The van der Waals surface area contributed by atoms with Crippen LogP contribution in [-0.2, 0) is 0 Å². The minimum atomic E-state index is -1.83. The molecule has 1 rings (SSSR count). The molecule has 0 bridgehead atoms. The number of carboxylic acids is 2. The molecule has 0 aliphatic carbocycles. The van der Waals surface area contributed by atoms with Crippen LogP contribution in [0.5, 0.6) is 0 Å². The summed E-state index contributed by atoms with van der Waals surface area (Å²) in [6, 6.07) is 3.07. The molecule has 6 nitrogen and oxygen atoms in total. The van der Waals surface area contributed by atoms with Gasteiger partial charge >= 0.3 is 19.1 Å². The smallest absolute Gasteiger partial charge is 0.478 e. The fraction of sp³-hybridized carbons (Fsp3) is 0. The first-order valence-corrected chi connectivity index (χ1v) is 3.90. The van der Waals surface area contributed by atoms with Gasteiger partial charge in [-0.05, 0) is 17.6 Å². The molecule has 0 aromatic heterocycles. The lowest BCUT2D eigenvalue weighted by molar-refractivity contribution is 0.0651. The second kappa shape index (κ2) is 4.12. The van der Waals surface area contributed by atoms with E-state index in [4.69, 9.17) is 20.3 Å². The fourth-order valence-corrected chi connectivity index (χ4v) is 1.09. The highest BCUT2D eigenvalue weighted by Crippen LogP contribution is 2.07. The number of carbonyl (C=O) groups is 2. The van der Waals surface area contributed by atoms with Crippen LogP contribution in [-0.4, -0.2) is 39.3 Å². The molecule has 0 spiro atoms. The fourth-order valence-electron chi connectivity index (χ4n) is 1.09. The Kier molecular flexibility index (Phi) is 3.08. The first-order chi connectivity index (χ1) is 6.93. The Morgan fingerprint density at radius 3 is 1.93 bits per heavy atom. The molecule has 0 saturated heterocycles. The molecule has 0 heterocycles. The van der Waals surface area contributed by atoms with E-state index in [1.807, 2.05) is 0 Å². The van der Waals surface area contributed by atoms with Gasteiger partial charge < -0.3 is 20.3 Å². The van der Waals surface area contributed by atoms with Crippen molar-refractivity contribution in [3.05, 3.63) is 29.3 Å². The molecule has 0 fully saturated rings. The first kappa shape index (κ1) is 11.2. The molecule has 0 aliphatic rings. The highest BCUT2D eigenvalue weighted by atomic mass is 16.4. The standard InChI is InChI=1S/C8H7BO6/c10-7(11)5-2-1-4(9(14)15)3-6(5)8(12)13/h1-3,14-15H,(H,10,11)(H,12,13). The third-order valence-electron chi connectivity index (χ3n) is 1.80. The Bertz CT molecular complexity index is 414. The molecular formula is C8H7BO6. The van der Waals surface area contributed by atoms with Crippen molar-refractivity contribution in [1.29, 1.82) is 0 Å². The second-order valence-corrected chi connectivity index (χ2v) is 2.79. The minimum Gasteiger partial charge on any atom is -0.478 e. The van der Waals surface area contributed by atoms with Crippen LogP contribution in [0.25, 0.3) is 0 Å². The number of benzene rings is 1. The van der Waals surface area contributed by atoms with E-state index in [-0.39, 0.29) is 5.46 Å². The summed E-state index contributed by atoms with van der Waals surface area (Å²) in [4.78, 5) is 21.3. The highest BCUT2D eigenvalue weighted by Gasteiger charge is 2.19. The van der Waals surface area contributed by atoms with Gasteiger partial charge in [-0.25, -0.2) is 9.59 Å². The molecule has 1 aromatic rings. The average molecular weight is 210 g/mol. The van der Waals surface area contributed by atoms with Gasteiger partial charge in [0.05, 0.1) is 11.1 Å². The predicted molar refractivity (Wildman–Crippen MR) is 50.2 cm³/mol. The Morgan fingerprint density at radius 2 is 1.53 bits per heavy atom. The molecule has 0 unspecified atom stereocenters. The summed E-state index contributed by atoms with van der Waals surface area (Å²) in [5, 5.41) is 34.9. The Balaban J connectivity index is 3.33. The predicted octanol–water partition coefficient (Wildman–Crippen LogP) is -1.24. The van der Waals surface area contributed by atoms with Gasteiger partial charge in [0.15, 0.2) is 0 Å². The molecule has 78 valence electrons. The molecule has 7 heteroatoms. The van der Waals surface area contributed by atoms with Gasteiger partial charge in [0, 0.05) is 0 Å². The average Bonchev–Trinajstić information content (AvgIpc) is 2.16. The largest absolute Gasteiger partial charge is 0.488 e. The zero-order valence-electron chi connectivity index (χ0n) is 7.41. The molecule has 0 amide bonds. The van der Waals surface area contributed by atoms with Crippen molar-refractivity contribution in [3.63, 3.8) is 0 Å². The summed E-state index contributed by atoms with van der Waals surface area (Å²) in [6.45, 7) is 0. The maximum atomic E-state index is 10.7. The van der Waals surface area contributed by atoms with Crippen molar-refractivity contribution < 1.29 is 29.9 Å². The topological polar surface area (TPSA) is 115 Å². The lowest BCUT2D eigenvalue weighted by atomic mass is 9.79. The van der Waals surface area contributed by atoms with Crippen molar-refractivity contribution in [2.75, 3.05) is 0 Å². The summed E-state index contributed by atoms with van der Waals surface area (Å²) in [5.41, 5.74) is -0.947. The summed E-state index contributed by atoms with van der Waals surface area (Å²) in [6.07, 6.45) is 0. The van der Waals surface area contributed by atoms with Crippen molar-refractivity contribution in [2.24, 2.45) is 0 Å². The van der Waals surface area contributed by atoms with Gasteiger partial charge in [-0.1, -0.05) is 6.07 Å². The van der Waals surface area contributed by atoms with Crippen LogP contribution in [0.15, 0.2) is 18.2 Å². The molecule has 0 saturated carbocycles. The van der Waals surface area contributed by atoms with Gasteiger partial charge in [-0.15, -0.1) is 0 Å². The quantitative estimate of drug-likeness (QED) is 0.464. The Hall–Kier alpha value is -1.86. The van der Waals surface area contributed by atoms with Crippen LogP contribution in [0, 0.1) is 0 Å². The van der Waals surface area contributed by atoms with E-state index in [0.717, 1.165) is 18.2 Å². The van der Waals surface area contributed by atoms with E-state index in [0.29, 0.717) is 0 Å². The van der Waals surface area contributed by atoms with Crippen molar-refractivity contribution in [2.45, 2.75) is 0 Å². The second-order valence-electron chi connectivity index (χ2n) is 2.79. The van der Waals surface area contributed by atoms with Crippen LogP contribution in [0.4, 0.5) is 0 Å². The maximum Gasteiger partial charge on any atom is 0.488 e. The van der Waals surface area contributed by atoms with E-state index in [1.165, 1.54) is 0 Å². The minimum absolute atomic E-state index is 0.0719. The van der Waals surface area contributed by atoms with Crippen molar-refractivity contribution in [1.82, 2.24) is 0 Å². The number of rotatable bonds is 3. The van der Waals surface area contributed by atoms with E-state index in [9.17, 15) is 9.59 Å². The number of hydrogen-bond acceptors (Lipinski definition) is 4. The van der Waals surface area contributed by atoms with Gasteiger partial charge in [-0.3, -0.25) is 0 Å².